The van der Waals surface area contributed by atoms with E-state index in [4.69, 9.17) is 4.74 Å². The number of rotatable bonds is 4. The van der Waals surface area contributed by atoms with Gasteiger partial charge in [-0.3, -0.25) is 0 Å². The Morgan fingerprint density at radius 2 is 1.96 bits per heavy atom. The minimum atomic E-state index is -0.479. The fourth-order valence-corrected chi connectivity index (χ4v) is 4.57. The SMILES string of the molecule is CC(C)(C)OC(=O)N1CCCC1C1CCCC1NCC1(O)CCC1. The Bertz CT molecular complexity index is 456. The Morgan fingerprint density at radius 1 is 1.21 bits per heavy atom. The third-order valence-corrected chi connectivity index (χ3v) is 5.97. The van der Waals surface area contributed by atoms with Crippen molar-refractivity contribution in [2.75, 3.05) is 13.1 Å². The minimum Gasteiger partial charge on any atom is -0.444 e. The predicted octanol–water partition coefficient (Wildman–Crippen LogP) is 3.06. The van der Waals surface area contributed by atoms with Crippen LogP contribution in [0, 0.1) is 5.92 Å². The van der Waals surface area contributed by atoms with Crippen LogP contribution in [0.2, 0.25) is 0 Å². The second kappa shape index (κ2) is 6.83. The van der Waals surface area contributed by atoms with Gasteiger partial charge in [0.15, 0.2) is 0 Å². The van der Waals surface area contributed by atoms with Gasteiger partial charge in [0.2, 0.25) is 0 Å². The maximum absolute atomic E-state index is 12.6. The summed E-state index contributed by atoms with van der Waals surface area (Å²) in [5, 5.41) is 14.0. The lowest BCUT2D eigenvalue weighted by Gasteiger charge is -2.39. The van der Waals surface area contributed by atoms with Gasteiger partial charge in [-0.2, -0.15) is 0 Å². The van der Waals surface area contributed by atoms with Crippen LogP contribution in [0.15, 0.2) is 0 Å². The summed E-state index contributed by atoms with van der Waals surface area (Å²) in [4.78, 5) is 14.5. The van der Waals surface area contributed by atoms with Crippen molar-refractivity contribution < 1.29 is 14.6 Å². The van der Waals surface area contributed by atoms with Crippen molar-refractivity contribution in [1.29, 1.82) is 0 Å². The van der Waals surface area contributed by atoms with E-state index in [1.807, 2.05) is 25.7 Å². The molecule has 0 aromatic rings. The van der Waals surface area contributed by atoms with E-state index in [0.29, 0.717) is 18.5 Å². The Hall–Kier alpha value is -0.810. The van der Waals surface area contributed by atoms with Crippen LogP contribution in [0.1, 0.15) is 72.1 Å². The van der Waals surface area contributed by atoms with Crippen molar-refractivity contribution in [3.63, 3.8) is 0 Å². The van der Waals surface area contributed by atoms with Gasteiger partial charge in [-0.15, -0.1) is 0 Å². The summed E-state index contributed by atoms with van der Waals surface area (Å²) in [5.41, 5.74) is -0.918. The summed E-state index contributed by atoms with van der Waals surface area (Å²) < 4.78 is 5.61. The van der Waals surface area contributed by atoms with Gasteiger partial charge in [0.25, 0.3) is 0 Å². The number of aliphatic hydroxyl groups is 1. The topological polar surface area (TPSA) is 61.8 Å². The normalized spacial score (nSPS) is 32.7. The van der Waals surface area contributed by atoms with Crippen molar-refractivity contribution in [1.82, 2.24) is 10.2 Å². The molecule has 3 atom stereocenters. The zero-order valence-electron chi connectivity index (χ0n) is 15.5. The first-order valence-corrected chi connectivity index (χ1v) is 9.73. The molecule has 3 fully saturated rings. The van der Waals surface area contributed by atoms with Crippen molar-refractivity contribution >= 4 is 6.09 Å². The van der Waals surface area contributed by atoms with E-state index in [1.165, 1.54) is 12.8 Å². The maximum Gasteiger partial charge on any atom is 0.410 e. The van der Waals surface area contributed by atoms with Crippen LogP contribution in [-0.2, 0) is 4.74 Å². The first-order valence-electron chi connectivity index (χ1n) is 9.73. The summed E-state index contributed by atoms with van der Waals surface area (Å²) in [6.45, 7) is 7.29. The van der Waals surface area contributed by atoms with E-state index < -0.39 is 11.2 Å². The third kappa shape index (κ3) is 4.05. The quantitative estimate of drug-likeness (QED) is 0.827. The number of nitrogens with zero attached hydrogens (tertiary/aromatic N) is 1. The number of likely N-dealkylation sites (tertiary alicyclic amines) is 1. The average molecular weight is 338 g/mol. The zero-order chi connectivity index (χ0) is 17.4. The minimum absolute atomic E-state index is 0.159. The molecular formula is C19H34N2O3. The molecule has 2 aliphatic carbocycles. The molecule has 1 saturated heterocycles. The number of ether oxygens (including phenoxy) is 1. The maximum atomic E-state index is 12.6. The molecule has 138 valence electrons. The molecule has 5 heteroatoms. The van der Waals surface area contributed by atoms with Crippen LogP contribution in [0.25, 0.3) is 0 Å². The van der Waals surface area contributed by atoms with E-state index in [1.54, 1.807) is 0 Å². The van der Waals surface area contributed by atoms with Crippen LogP contribution in [0.5, 0.6) is 0 Å². The van der Waals surface area contributed by atoms with E-state index in [0.717, 1.165) is 45.1 Å². The van der Waals surface area contributed by atoms with Crippen LogP contribution < -0.4 is 5.32 Å². The predicted molar refractivity (Wildman–Crippen MR) is 93.9 cm³/mol. The molecule has 24 heavy (non-hydrogen) atoms. The largest absolute Gasteiger partial charge is 0.444 e. The second-order valence-corrected chi connectivity index (χ2v) is 9.04. The van der Waals surface area contributed by atoms with Gasteiger partial charge in [0.05, 0.1) is 5.60 Å². The van der Waals surface area contributed by atoms with Gasteiger partial charge in [0, 0.05) is 25.2 Å². The Labute approximate surface area is 146 Å². The number of hydrogen-bond donors (Lipinski definition) is 2. The van der Waals surface area contributed by atoms with Gasteiger partial charge in [-0.05, 0) is 71.6 Å². The van der Waals surface area contributed by atoms with Crippen molar-refractivity contribution in [3.8, 4) is 0 Å². The molecular weight excluding hydrogens is 304 g/mol. The number of carbonyl (C=O) groups is 1. The summed E-state index contributed by atoms with van der Waals surface area (Å²) in [7, 11) is 0. The smallest absolute Gasteiger partial charge is 0.410 e. The molecule has 0 spiro atoms. The van der Waals surface area contributed by atoms with E-state index >= 15 is 0 Å². The van der Waals surface area contributed by atoms with Gasteiger partial charge in [-0.25, -0.2) is 4.79 Å². The zero-order valence-corrected chi connectivity index (χ0v) is 15.5. The molecule has 5 nitrogen and oxygen atoms in total. The van der Waals surface area contributed by atoms with Crippen LogP contribution in [-0.4, -0.2) is 52.5 Å². The van der Waals surface area contributed by atoms with Crippen LogP contribution in [0.4, 0.5) is 4.79 Å². The highest BCUT2D eigenvalue weighted by atomic mass is 16.6. The molecule has 0 aromatic heterocycles. The van der Waals surface area contributed by atoms with Gasteiger partial charge in [0.1, 0.15) is 5.60 Å². The van der Waals surface area contributed by atoms with Crippen molar-refractivity contribution in [2.45, 2.75) is 95.4 Å². The molecule has 2 saturated carbocycles. The van der Waals surface area contributed by atoms with Crippen LogP contribution >= 0.6 is 0 Å². The molecule has 3 unspecified atom stereocenters. The number of carbonyl (C=O) groups excluding carboxylic acids is 1. The Balaban J connectivity index is 1.59. The molecule has 1 amide bonds. The van der Waals surface area contributed by atoms with Gasteiger partial charge >= 0.3 is 6.09 Å². The fraction of sp³-hybridized carbons (Fsp3) is 0.947. The van der Waals surface area contributed by atoms with Crippen LogP contribution in [0.3, 0.4) is 0 Å². The first kappa shape index (κ1) is 18.0. The third-order valence-electron chi connectivity index (χ3n) is 5.97. The lowest BCUT2D eigenvalue weighted by molar-refractivity contribution is -0.0351. The summed E-state index contributed by atoms with van der Waals surface area (Å²) in [5.74, 6) is 0.490. The average Bonchev–Trinajstić information content (AvgIpc) is 3.09. The molecule has 2 N–H and O–H groups in total. The molecule has 3 aliphatic rings. The van der Waals surface area contributed by atoms with Gasteiger partial charge in [-0.1, -0.05) is 6.42 Å². The lowest BCUT2D eigenvalue weighted by atomic mass is 9.80. The Morgan fingerprint density at radius 3 is 2.58 bits per heavy atom. The molecule has 0 aromatic carbocycles. The van der Waals surface area contributed by atoms with Crippen molar-refractivity contribution in [3.05, 3.63) is 0 Å². The van der Waals surface area contributed by atoms with E-state index in [-0.39, 0.29) is 12.1 Å². The molecule has 0 radical (unpaired) electrons. The number of amides is 1. The molecule has 1 heterocycles. The molecule has 1 aliphatic heterocycles. The summed E-state index contributed by atoms with van der Waals surface area (Å²) in [6.07, 6.45) is 8.49. The highest BCUT2D eigenvalue weighted by molar-refractivity contribution is 5.69. The standard InChI is InChI=1S/C19H34N2O3/c1-18(2,3)24-17(22)21-12-5-9-16(21)14-7-4-8-15(14)20-13-19(23)10-6-11-19/h14-16,20,23H,4-13H2,1-3H3. The van der Waals surface area contributed by atoms with E-state index in [2.05, 4.69) is 5.32 Å². The monoisotopic (exact) mass is 338 g/mol. The highest BCUT2D eigenvalue weighted by Gasteiger charge is 2.43. The first-order chi connectivity index (χ1) is 11.3. The lowest BCUT2D eigenvalue weighted by Crippen LogP contribution is -2.52. The number of nitrogens with one attached hydrogen (secondary N) is 1. The number of hydrogen-bond acceptors (Lipinski definition) is 4. The molecule has 3 rings (SSSR count). The highest BCUT2D eigenvalue weighted by Crippen LogP contribution is 2.37. The summed E-state index contributed by atoms with van der Waals surface area (Å²) >= 11 is 0. The summed E-state index contributed by atoms with van der Waals surface area (Å²) in [6, 6.07) is 0.707. The van der Waals surface area contributed by atoms with E-state index in [9.17, 15) is 9.90 Å². The molecule has 0 bridgehead atoms. The van der Waals surface area contributed by atoms with Crippen molar-refractivity contribution in [2.24, 2.45) is 5.92 Å². The second-order valence-electron chi connectivity index (χ2n) is 9.04. The van der Waals surface area contributed by atoms with Gasteiger partial charge < -0.3 is 20.1 Å². The Kier molecular flexibility index (Phi) is 5.12. The fourth-order valence-electron chi connectivity index (χ4n) is 4.57.